The van der Waals surface area contributed by atoms with Crippen molar-refractivity contribution >= 4 is 5.97 Å². The van der Waals surface area contributed by atoms with Gasteiger partial charge in [0.15, 0.2) is 0 Å². The first-order valence-electron chi connectivity index (χ1n) is 6.88. The van der Waals surface area contributed by atoms with Crippen molar-refractivity contribution in [3.05, 3.63) is 29.3 Å². The van der Waals surface area contributed by atoms with Crippen molar-refractivity contribution in [1.29, 1.82) is 0 Å². The van der Waals surface area contributed by atoms with E-state index in [0.717, 1.165) is 44.7 Å². The van der Waals surface area contributed by atoms with E-state index in [2.05, 4.69) is 19.1 Å². The van der Waals surface area contributed by atoms with Crippen LogP contribution in [0.1, 0.15) is 24.5 Å². The summed E-state index contributed by atoms with van der Waals surface area (Å²) in [5.74, 6) is 0.246. The summed E-state index contributed by atoms with van der Waals surface area (Å²) < 4.78 is 5.48. The molecule has 1 aromatic rings. The van der Waals surface area contributed by atoms with Crippen LogP contribution in [0.15, 0.2) is 18.2 Å². The molecule has 19 heavy (non-hydrogen) atoms. The number of rotatable bonds is 7. The van der Waals surface area contributed by atoms with E-state index < -0.39 is 5.97 Å². The van der Waals surface area contributed by atoms with Crippen LogP contribution in [-0.2, 0) is 17.6 Å². The van der Waals surface area contributed by atoms with Gasteiger partial charge in [-0.05, 0) is 36.6 Å². The largest absolute Gasteiger partial charge is 0.493 e. The number of nitrogens with zero attached hydrogens (tertiary/aromatic N) is 1. The molecule has 4 nitrogen and oxygen atoms in total. The number of fused-ring (bicyclic) bond motifs is 1. The summed E-state index contributed by atoms with van der Waals surface area (Å²) in [7, 11) is 0. The van der Waals surface area contributed by atoms with Gasteiger partial charge >= 0.3 is 5.97 Å². The van der Waals surface area contributed by atoms with E-state index in [1.54, 1.807) is 0 Å². The zero-order valence-electron chi connectivity index (χ0n) is 11.4. The standard InChI is InChI=1S/C15H21NO3/c1-2-7-16(11-15(17)18)8-5-12-3-4-14-13(10-12)6-9-19-14/h3-4,10H,2,5-9,11H2,1H3,(H,17,18). The molecule has 1 aliphatic rings. The van der Waals surface area contributed by atoms with E-state index >= 15 is 0 Å². The first-order valence-corrected chi connectivity index (χ1v) is 6.88. The van der Waals surface area contributed by atoms with Gasteiger partial charge in [0.2, 0.25) is 0 Å². The van der Waals surface area contributed by atoms with E-state index in [1.807, 2.05) is 11.0 Å². The van der Waals surface area contributed by atoms with Crippen LogP contribution < -0.4 is 4.74 Å². The molecule has 1 heterocycles. The molecule has 0 saturated heterocycles. The van der Waals surface area contributed by atoms with Gasteiger partial charge in [-0.25, -0.2) is 0 Å². The first kappa shape index (κ1) is 13.9. The van der Waals surface area contributed by atoms with Crippen LogP contribution in [-0.4, -0.2) is 42.2 Å². The van der Waals surface area contributed by atoms with Gasteiger partial charge in [0.1, 0.15) is 5.75 Å². The lowest BCUT2D eigenvalue weighted by Gasteiger charge is -2.19. The molecular formula is C15H21NO3. The fraction of sp³-hybridized carbons (Fsp3) is 0.533. The van der Waals surface area contributed by atoms with Crippen LogP contribution in [0, 0.1) is 0 Å². The van der Waals surface area contributed by atoms with Gasteiger partial charge in [-0.15, -0.1) is 0 Å². The highest BCUT2D eigenvalue weighted by atomic mass is 16.5. The maximum absolute atomic E-state index is 10.8. The SMILES string of the molecule is CCCN(CCc1ccc2c(c1)CCO2)CC(=O)O. The Kier molecular flexibility index (Phi) is 4.80. The maximum atomic E-state index is 10.8. The summed E-state index contributed by atoms with van der Waals surface area (Å²) in [6, 6.07) is 6.29. The van der Waals surface area contributed by atoms with Crippen LogP contribution in [0.3, 0.4) is 0 Å². The second kappa shape index (κ2) is 6.57. The minimum atomic E-state index is -0.754. The number of carboxylic acid groups (broad SMARTS) is 1. The van der Waals surface area contributed by atoms with Crippen molar-refractivity contribution in [3.8, 4) is 5.75 Å². The van der Waals surface area contributed by atoms with Crippen molar-refractivity contribution in [2.75, 3.05) is 26.2 Å². The van der Waals surface area contributed by atoms with Gasteiger partial charge in [-0.1, -0.05) is 19.1 Å². The fourth-order valence-corrected chi connectivity index (χ4v) is 2.46. The summed E-state index contributed by atoms with van der Waals surface area (Å²) in [5, 5.41) is 8.88. The average molecular weight is 263 g/mol. The highest BCUT2D eigenvalue weighted by Gasteiger charge is 2.13. The molecule has 0 saturated carbocycles. The highest BCUT2D eigenvalue weighted by molar-refractivity contribution is 5.69. The summed E-state index contributed by atoms with van der Waals surface area (Å²) in [6.07, 6.45) is 2.85. The third kappa shape index (κ3) is 3.96. The Hall–Kier alpha value is -1.55. The van der Waals surface area contributed by atoms with Crippen LogP contribution in [0.5, 0.6) is 5.75 Å². The van der Waals surface area contributed by atoms with E-state index in [4.69, 9.17) is 9.84 Å². The smallest absolute Gasteiger partial charge is 0.317 e. The number of carboxylic acids is 1. The number of aliphatic carboxylic acids is 1. The minimum absolute atomic E-state index is 0.127. The van der Waals surface area contributed by atoms with Gasteiger partial charge in [0, 0.05) is 13.0 Å². The van der Waals surface area contributed by atoms with Gasteiger partial charge in [0.25, 0.3) is 0 Å². The number of benzene rings is 1. The average Bonchev–Trinajstić information content (AvgIpc) is 2.83. The predicted octanol–water partition coefficient (Wildman–Crippen LogP) is 1.96. The molecule has 2 rings (SSSR count). The van der Waals surface area contributed by atoms with Crippen molar-refractivity contribution in [1.82, 2.24) is 4.90 Å². The second-order valence-corrected chi connectivity index (χ2v) is 4.96. The molecular weight excluding hydrogens is 242 g/mol. The Morgan fingerprint density at radius 1 is 1.42 bits per heavy atom. The van der Waals surface area contributed by atoms with Gasteiger partial charge in [-0.3, -0.25) is 9.69 Å². The number of ether oxygens (including phenoxy) is 1. The molecule has 1 aromatic carbocycles. The van der Waals surface area contributed by atoms with Crippen molar-refractivity contribution < 1.29 is 14.6 Å². The van der Waals surface area contributed by atoms with Crippen LogP contribution in [0.25, 0.3) is 0 Å². The first-order chi connectivity index (χ1) is 9.19. The molecule has 0 aromatic heterocycles. The summed E-state index contributed by atoms with van der Waals surface area (Å²) in [5.41, 5.74) is 2.54. The molecule has 0 atom stereocenters. The molecule has 1 N–H and O–H groups in total. The van der Waals surface area contributed by atoms with Gasteiger partial charge in [-0.2, -0.15) is 0 Å². The zero-order valence-corrected chi connectivity index (χ0v) is 11.4. The van der Waals surface area contributed by atoms with E-state index in [9.17, 15) is 4.79 Å². The van der Waals surface area contributed by atoms with E-state index in [0.29, 0.717) is 0 Å². The Labute approximate surface area is 114 Å². The van der Waals surface area contributed by atoms with Gasteiger partial charge in [0.05, 0.1) is 13.2 Å². The second-order valence-electron chi connectivity index (χ2n) is 4.96. The molecule has 0 spiro atoms. The predicted molar refractivity (Wildman–Crippen MR) is 73.7 cm³/mol. The third-order valence-corrected chi connectivity index (χ3v) is 3.37. The fourth-order valence-electron chi connectivity index (χ4n) is 2.46. The Bertz CT molecular complexity index is 445. The molecule has 0 aliphatic carbocycles. The maximum Gasteiger partial charge on any atom is 0.317 e. The van der Waals surface area contributed by atoms with E-state index in [-0.39, 0.29) is 6.54 Å². The van der Waals surface area contributed by atoms with Crippen molar-refractivity contribution in [2.24, 2.45) is 0 Å². The topological polar surface area (TPSA) is 49.8 Å². The lowest BCUT2D eigenvalue weighted by Crippen LogP contribution is -2.32. The van der Waals surface area contributed by atoms with E-state index in [1.165, 1.54) is 11.1 Å². The van der Waals surface area contributed by atoms with Crippen LogP contribution in [0.4, 0.5) is 0 Å². The van der Waals surface area contributed by atoms with Crippen molar-refractivity contribution in [3.63, 3.8) is 0 Å². The van der Waals surface area contributed by atoms with Crippen LogP contribution in [0.2, 0.25) is 0 Å². The normalized spacial score (nSPS) is 13.4. The molecule has 4 heteroatoms. The monoisotopic (exact) mass is 263 g/mol. The molecule has 0 fully saturated rings. The Balaban J connectivity index is 1.91. The van der Waals surface area contributed by atoms with Crippen molar-refractivity contribution in [2.45, 2.75) is 26.2 Å². The Morgan fingerprint density at radius 3 is 3.00 bits per heavy atom. The minimum Gasteiger partial charge on any atom is -0.493 e. The van der Waals surface area contributed by atoms with Crippen LogP contribution >= 0.6 is 0 Å². The highest BCUT2D eigenvalue weighted by Crippen LogP contribution is 2.26. The zero-order chi connectivity index (χ0) is 13.7. The van der Waals surface area contributed by atoms with Gasteiger partial charge < -0.3 is 9.84 Å². The Morgan fingerprint density at radius 2 is 2.26 bits per heavy atom. The quantitative estimate of drug-likeness (QED) is 0.817. The summed E-state index contributed by atoms with van der Waals surface area (Å²) >= 11 is 0. The molecule has 0 radical (unpaired) electrons. The molecule has 0 amide bonds. The molecule has 0 bridgehead atoms. The lowest BCUT2D eigenvalue weighted by atomic mass is 10.1. The number of carbonyl (C=O) groups is 1. The number of hydrogen-bond acceptors (Lipinski definition) is 3. The summed E-state index contributed by atoms with van der Waals surface area (Å²) in [6.45, 7) is 4.60. The number of hydrogen-bond donors (Lipinski definition) is 1. The molecule has 1 aliphatic heterocycles. The third-order valence-electron chi connectivity index (χ3n) is 3.37. The lowest BCUT2D eigenvalue weighted by molar-refractivity contribution is -0.138. The molecule has 0 unspecified atom stereocenters. The summed E-state index contributed by atoms with van der Waals surface area (Å²) in [4.78, 5) is 12.8. The molecule has 104 valence electrons.